The van der Waals surface area contributed by atoms with E-state index < -0.39 is 0 Å². The zero-order chi connectivity index (χ0) is 11.4. The molecule has 0 radical (unpaired) electrons. The molecule has 2 heterocycles. The summed E-state index contributed by atoms with van der Waals surface area (Å²) >= 11 is 5.43. The van der Waals surface area contributed by atoms with Gasteiger partial charge in [-0.25, -0.2) is 0 Å². The molecular weight excluding hydrogens is 286 g/mol. The Morgan fingerprint density at radius 2 is 2.56 bits per heavy atom. The topological polar surface area (TPSA) is 21.3 Å². The third-order valence-corrected chi connectivity index (χ3v) is 4.92. The summed E-state index contributed by atoms with van der Waals surface area (Å²) in [5, 5.41) is 5.69. The summed E-state index contributed by atoms with van der Waals surface area (Å²) < 4.78 is 6.94. The van der Waals surface area contributed by atoms with E-state index >= 15 is 0 Å². The van der Waals surface area contributed by atoms with Gasteiger partial charge in [0.1, 0.15) is 0 Å². The maximum absolute atomic E-state index is 5.72. The van der Waals surface area contributed by atoms with Crippen LogP contribution in [0.25, 0.3) is 0 Å². The number of hydrogen-bond donors (Lipinski definition) is 1. The van der Waals surface area contributed by atoms with Gasteiger partial charge in [-0.1, -0.05) is 6.92 Å². The predicted octanol–water partition coefficient (Wildman–Crippen LogP) is 3.73. The van der Waals surface area contributed by atoms with Crippen molar-refractivity contribution in [1.29, 1.82) is 0 Å². The maximum atomic E-state index is 5.72. The Hall–Kier alpha value is 0.100. The van der Waals surface area contributed by atoms with Crippen LogP contribution in [0.3, 0.4) is 0 Å². The summed E-state index contributed by atoms with van der Waals surface area (Å²) in [6.07, 6.45) is 3.96. The van der Waals surface area contributed by atoms with Crippen molar-refractivity contribution in [1.82, 2.24) is 5.32 Å². The molecule has 1 aromatic rings. The van der Waals surface area contributed by atoms with E-state index in [-0.39, 0.29) is 0 Å². The largest absolute Gasteiger partial charge is 0.378 e. The molecule has 16 heavy (non-hydrogen) atoms. The molecular formula is C12H18BrNOS. The number of ether oxygens (including phenoxy) is 1. The SMILES string of the molecule is CCNC(CC1CCCO1)c1sccc1Br. The summed E-state index contributed by atoms with van der Waals surface area (Å²) in [6, 6.07) is 2.56. The van der Waals surface area contributed by atoms with E-state index in [1.54, 1.807) is 0 Å². The van der Waals surface area contributed by atoms with Crippen LogP contribution in [-0.4, -0.2) is 19.3 Å². The van der Waals surface area contributed by atoms with Crippen molar-refractivity contribution in [2.75, 3.05) is 13.2 Å². The minimum absolute atomic E-state index is 0.433. The highest BCUT2D eigenvalue weighted by Gasteiger charge is 2.23. The molecule has 1 N–H and O–H groups in total. The van der Waals surface area contributed by atoms with Crippen molar-refractivity contribution in [2.24, 2.45) is 0 Å². The van der Waals surface area contributed by atoms with Crippen molar-refractivity contribution in [3.63, 3.8) is 0 Å². The van der Waals surface area contributed by atoms with Crippen molar-refractivity contribution in [3.05, 3.63) is 20.8 Å². The first kappa shape index (κ1) is 12.6. The van der Waals surface area contributed by atoms with E-state index in [4.69, 9.17) is 4.74 Å². The lowest BCUT2D eigenvalue weighted by molar-refractivity contribution is 0.0950. The molecule has 1 aliphatic rings. The highest BCUT2D eigenvalue weighted by atomic mass is 79.9. The van der Waals surface area contributed by atoms with Gasteiger partial charge in [0.15, 0.2) is 0 Å². The molecule has 0 aliphatic carbocycles. The van der Waals surface area contributed by atoms with Crippen LogP contribution in [0.1, 0.15) is 37.1 Å². The van der Waals surface area contributed by atoms with Gasteiger partial charge in [-0.3, -0.25) is 0 Å². The summed E-state index contributed by atoms with van der Waals surface area (Å²) in [6.45, 7) is 4.10. The zero-order valence-corrected chi connectivity index (χ0v) is 11.9. The Balaban J connectivity index is 2.01. The Bertz CT molecular complexity index is 323. The normalized spacial score (nSPS) is 22.5. The quantitative estimate of drug-likeness (QED) is 0.895. The standard InChI is InChI=1S/C12H18BrNOS/c1-2-14-11(8-9-4-3-6-15-9)12-10(13)5-7-16-12/h5,7,9,11,14H,2-4,6,8H2,1H3. The van der Waals surface area contributed by atoms with Gasteiger partial charge in [0, 0.05) is 22.0 Å². The van der Waals surface area contributed by atoms with Crippen LogP contribution in [0.2, 0.25) is 0 Å². The molecule has 2 atom stereocenters. The minimum atomic E-state index is 0.433. The highest BCUT2D eigenvalue weighted by Crippen LogP contribution is 2.33. The van der Waals surface area contributed by atoms with Crippen LogP contribution in [0.5, 0.6) is 0 Å². The summed E-state index contributed by atoms with van der Waals surface area (Å²) in [5.74, 6) is 0. The van der Waals surface area contributed by atoms with Gasteiger partial charge < -0.3 is 10.1 Å². The molecule has 1 saturated heterocycles. The van der Waals surface area contributed by atoms with Crippen molar-refractivity contribution >= 4 is 27.3 Å². The zero-order valence-electron chi connectivity index (χ0n) is 9.54. The second kappa shape index (κ2) is 6.15. The van der Waals surface area contributed by atoms with Crippen LogP contribution in [0.15, 0.2) is 15.9 Å². The van der Waals surface area contributed by atoms with E-state index in [2.05, 4.69) is 39.6 Å². The third kappa shape index (κ3) is 3.06. The van der Waals surface area contributed by atoms with E-state index in [1.165, 1.54) is 22.2 Å². The van der Waals surface area contributed by atoms with Crippen molar-refractivity contribution in [2.45, 2.75) is 38.3 Å². The summed E-state index contributed by atoms with van der Waals surface area (Å²) in [7, 11) is 0. The fourth-order valence-electron chi connectivity index (χ4n) is 2.18. The Kier molecular flexibility index (Phi) is 4.82. The number of nitrogens with one attached hydrogen (secondary N) is 1. The van der Waals surface area contributed by atoms with Crippen LogP contribution >= 0.6 is 27.3 Å². The third-order valence-electron chi connectivity index (χ3n) is 2.93. The molecule has 0 spiro atoms. The number of hydrogen-bond acceptors (Lipinski definition) is 3. The van der Waals surface area contributed by atoms with E-state index in [0.717, 1.165) is 19.6 Å². The monoisotopic (exact) mass is 303 g/mol. The van der Waals surface area contributed by atoms with Gasteiger partial charge in [-0.05, 0) is 53.2 Å². The molecule has 4 heteroatoms. The minimum Gasteiger partial charge on any atom is -0.378 e. The average molecular weight is 304 g/mol. The lowest BCUT2D eigenvalue weighted by Gasteiger charge is -2.20. The smallest absolute Gasteiger partial charge is 0.0594 e. The van der Waals surface area contributed by atoms with E-state index in [9.17, 15) is 0 Å². The lowest BCUT2D eigenvalue weighted by Crippen LogP contribution is -2.24. The van der Waals surface area contributed by atoms with Gasteiger partial charge in [0.25, 0.3) is 0 Å². The molecule has 2 rings (SSSR count). The Morgan fingerprint density at radius 1 is 1.69 bits per heavy atom. The Morgan fingerprint density at radius 3 is 3.12 bits per heavy atom. The van der Waals surface area contributed by atoms with Gasteiger partial charge >= 0.3 is 0 Å². The number of rotatable bonds is 5. The van der Waals surface area contributed by atoms with Gasteiger partial charge in [-0.2, -0.15) is 0 Å². The first-order chi connectivity index (χ1) is 7.81. The second-order valence-corrected chi connectivity index (χ2v) is 5.92. The Labute approximate surface area is 110 Å². The maximum Gasteiger partial charge on any atom is 0.0594 e. The first-order valence-corrected chi connectivity index (χ1v) is 7.56. The van der Waals surface area contributed by atoms with Crippen LogP contribution in [-0.2, 0) is 4.74 Å². The molecule has 0 saturated carbocycles. The molecule has 0 bridgehead atoms. The molecule has 0 aromatic carbocycles. The van der Waals surface area contributed by atoms with Crippen LogP contribution in [0, 0.1) is 0 Å². The predicted molar refractivity (Wildman–Crippen MR) is 72.0 cm³/mol. The molecule has 90 valence electrons. The lowest BCUT2D eigenvalue weighted by atomic mass is 10.1. The highest BCUT2D eigenvalue weighted by molar-refractivity contribution is 9.10. The van der Waals surface area contributed by atoms with Gasteiger partial charge in [0.05, 0.1) is 6.10 Å². The van der Waals surface area contributed by atoms with Crippen molar-refractivity contribution < 1.29 is 4.74 Å². The first-order valence-electron chi connectivity index (χ1n) is 5.89. The van der Waals surface area contributed by atoms with Crippen LogP contribution < -0.4 is 5.32 Å². The number of thiophene rings is 1. The average Bonchev–Trinajstić information content (AvgIpc) is 2.88. The summed E-state index contributed by atoms with van der Waals surface area (Å²) in [4.78, 5) is 1.40. The number of halogens is 1. The van der Waals surface area contributed by atoms with Crippen LogP contribution in [0.4, 0.5) is 0 Å². The van der Waals surface area contributed by atoms with Gasteiger partial charge in [0.2, 0.25) is 0 Å². The second-order valence-electron chi connectivity index (χ2n) is 4.11. The van der Waals surface area contributed by atoms with E-state index in [0.29, 0.717) is 12.1 Å². The molecule has 2 nitrogen and oxygen atoms in total. The molecule has 1 aromatic heterocycles. The molecule has 1 aliphatic heterocycles. The van der Waals surface area contributed by atoms with Crippen molar-refractivity contribution in [3.8, 4) is 0 Å². The fraction of sp³-hybridized carbons (Fsp3) is 0.667. The fourth-order valence-corrected chi connectivity index (χ4v) is 3.92. The molecule has 0 amide bonds. The summed E-state index contributed by atoms with van der Waals surface area (Å²) in [5.41, 5.74) is 0. The van der Waals surface area contributed by atoms with E-state index in [1.807, 2.05) is 11.3 Å². The van der Waals surface area contributed by atoms with Gasteiger partial charge in [-0.15, -0.1) is 11.3 Å². The molecule has 1 fully saturated rings. The molecule has 2 unspecified atom stereocenters.